The minimum Gasteiger partial charge on any atom is -0.480 e. The summed E-state index contributed by atoms with van der Waals surface area (Å²) >= 11 is 0. The molecule has 0 bridgehead atoms. The predicted molar refractivity (Wildman–Crippen MR) is 50.5 cm³/mol. The fourth-order valence-electron chi connectivity index (χ4n) is 0.955. The largest absolute Gasteiger partial charge is 0.480 e. The minimum atomic E-state index is -0.917. The Kier molecular flexibility index (Phi) is 3.03. The quantitative estimate of drug-likeness (QED) is 0.606. The molecule has 4 heteroatoms. The molecule has 0 aliphatic heterocycles. The van der Waals surface area contributed by atoms with E-state index in [2.05, 4.69) is 5.32 Å². The minimum absolute atomic E-state index is 0.134. The number of carbonyl (C=O) groups is 1. The zero-order valence-corrected chi connectivity index (χ0v) is 6.95. The molecule has 0 unspecified atom stereocenters. The van der Waals surface area contributed by atoms with E-state index >= 15 is 0 Å². The molecule has 0 aliphatic rings. The molecule has 68 valence electrons. The molecule has 0 heterocycles. The molecular weight excluding hydrogens is 168 g/mol. The summed E-state index contributed by atoms with van der Waals surface area (Å²) in [6, 6.07) is 7.07. The highest BCUT2D eigenvalue weighted by Crippen LogP contribution is 2.11. The van der Waals surface area contributed by atoms with E-state index in [-0.39, 0.29) is 6.54 Å². The van der Waals surface area contributed by atoms with Gasteiger partial charge in [-0.2, -0.15) is 0 Å². The number of rotatable bonds is 4. The average molecular weight is 178 g/mol. The first-order chi connectivity index (χ1) is 6.24. The first-order valence-electron chi connectivity index (χ1n) is 3.79. The molecule has 0 aromatic heterocycles. The van der Waals surface area contributed by atoms with Crippen LogP contribution in [0.1, 0.15) is 5.56 Å². The van der Waals surface area contributed by atoms with Gasteiger partial charge in [-0.3, -0.25) is 4.79 Å². The molecule has 4 nitrogen and oxygen atoms in total. The number of nitrogens with one attached hydrogen (secondary N) is 2. The van der Waals surface area contributed by atoms with E-state index in [0.717, 1.165) is 0 Å². The van der Waals surface area contributed by atoms with Gasteiger partial charge in [-0.25, -0.2) is 0 Å². The van der Waals surface area contributed by atoms with Crippen molar-refractivity contribution in [1.29, 1.82) is 5.41 Å². The summed E-state index contributed by atoms with van der Waals surface area (Å²) in [7, 11) is 0. The number of aliphatic carboxylic acids is 1. The third kappa shape index (κ3) is 2.59. The highest BCUT2D eigenvalue weighted by molar-refractivity contribution is 5.86. The lowest BCUT2D eigenvalue weighted by Gasteiger charge is -2.05. The molecule has 1 rings (SSSR count). The van der Waals surface area contributed by atoms with Gasteiger partial charge in [0.15, 0.2) is 0 Å². The summed E-state index contributed by atoms with van der Waals surface area (Å²) in [5.41, 5.74) is 1.35. The van der Waals surface area contributed by atoms with Crippen LogP contribution < -0.4 is 5.32 Å². The number of anilines is 1. The lowest BCUT2D eigenvalue weighted by Crippen LogP contribution is -2.13. The third-order valence-electron chi connectivity index (χ3n) is 1.55. The molecule has 1 aromatic rings. The van der Waals surface area contributed by atoms with Crippen LogP contribution in [-0.4, -0.2) is 23.8 Å². The van der Waals surface area contributed by atoms with Crippen molar-refractivity contribution in [1.82, 2.24) is 0 Å². The molecule has 0 aliphatic carbocycles. The lowest BCUT2D eigenvalue weighted by molar-refractivity contribution is -0.134. The highest BCUT2D eigenvalue weighted by Gasteiger charge is 1.99. The van der Waals surface area contributed by atoms with Gasteiger partial charge < -0.3 is 15.8 Å². The zero-order chi connectivity index (χ0) is 9.68. The van der Waals surface area contributed by atoms with Gasteiger partial charge in [0, 0.05) is 17.5 Å². The molecule has 0 atom stereocenters. The molecule has 0 amide bonds. The van der Waals surface area contributed by atoms with Crippen LogP contribution in [0.4, 0.5) is 5.69 Å². The molecule has 0 saturated heterocycles. The molecular formula is C9H10N2O2. The maximum Gasteiger partial charge on any atom is 0.322 e. The Morgan fingerprint density at radius 3 is 2.85 bits per heavy atom. The molecule has 1 aromatic carbocycles. The zero-order valence-electron chi connectivity index (χ0n) is 6.95. The fourth-order valence-corrected chi connectivity index (χ4v) is 0.955. The van der Waals surface area contributed by atoms with E-state index in [1.54, 1.807) is 24.3 Å². The van der Waals surface area contributed by atoms with Crippen molar-refractivity contribution in [2.24, 2.45) is 0 Å². The number of benzene rings is 1. The SMILES string of the molecule is N=Cc1ccccc1NCC(=O)O. The number of carboxylic acid groups (broad SMARTS) is 1. The van der Waals surface area contributed by atoms with Crippen LogP contribution in [0.25, 0.3) is 0 Å². The van der Waals surface area contributed by atoms with Gasteiger partial charge in [-0.05, 0) is 6.07 Å². The molecule has 0 fully saturated rings. The Balaban J connectivity index is 2.75. The fraction of sp³-hybridized carbons (Fsp3) is 0.111. The van der Waals surface area contributed by atoms with Crippen LogP contribution in [0.2, 0.25) is 0 Å². The maximum atomic E-state index is 10.3. The van der Waals surface area contributed by atoms with Gasteiger partial charge in [0.25, 0.3) is 0 Å². The summed E-state index contributed by atoms with van der Waals surface area (Å²) < 4.78 is 0. The topological polar surface area (TPSA) is 73.2 Å². The molecule has 3 N–H and O–H groups in total. The smallest absolute Gasteiger partial charge is 0.322 e. The van der Waals surface area contributed by atoms with Gasteiger partial charge in [0.05, 0.1) is 0 Å². The van der Waals surface area contributed by atoms with E-state index in [1.165, 1.54) is 6.21 Å². The van der Waals surface area contributed by atoms with Gasteiger partial charge in [-0.1, -0.05) is 18.2 Å². The van der Waals surface area contributed by atoms with Crippen molar-refractivity contribution in [2.75, 3.05) is 11.9 Å². The average Bonchev–Trinajstić information content (AvgIpc) is 2.15. The number of hydrogen-bond donors (Lipinski definition) is 3. The number of para-hydroxylation sites is 1. The highest BCUT2D eigenvalue weighted by atomic mass is 16.4. The standard InChI is InChI=1S/C9H10N2O2/c10-5-7-3-1-2-4-8(7)11-6-9(12)13/h1-5,10-11H,6H2,(H,12,13). The van der Waals surface area contributed by atoms with Crippen molar-refractivity contribution in [2.45, 2.75) is 0 Å². The van der Waals surface area contributed by atoms with E-state index in [4.69, 9.17) is 10.5 Å². The summed E-state index contributed by atoms with van der Waals surface area (Å²) in [5.74, 6) is -0.917. The monoisotopic (exact) mass is 178 g/mol. The molecule has 0 saturated carbocycles. The Morgan fingerprint density at radius 1 is 1.54 bits per heavy atom. The summed E-state index contributed by atoms with van der Waals surface area (Å²) in [5, 5.41) is 18.2. The van der Waals surface area contributed by atoms with Gasteiger partial charge in [-0.15, -0.1) is 0 Å². The van der Waals surface area contributed by atoms with E-state index < -0.39 is 5.97 Å². The Bertz CT molecular complexity index is 323. The predicted octanol–water partition coefficient (Wildman–Crippen LogP) is 1.18. The first kappa shape index (κ1) is 9.25. The normalized spacial score (nSPS) is 9.23. The van der Waals surface area contributed by atoms with Crippen LogP contribution in [0.5, 0.6) is 0 Å². The Hall–Kier alpha value is -1.84. The second-order valence-corrected chi connectivity index (χ2v) is 2.48. The van der Waals surface area contributed by atoms with Gasteiger partial charge >= 0.3 is 5.97 Å². The molecule has 0 radical (unpaired) electrons. The molecule has 0 spiro atoms. The van der Waals surface area contributed by atoms with Crippen LogP contribution in [0.15, 0.2) is 24.3 Å². The summed E-state index contributed by atoms with van der Waals surface area (Å²) in [6.07, 6.45) is 1.18. The maximum absolute atomic E-state index is 10.3. The van der Waals surface area contributed by atoms with E-state index in [9.17, 15) is 4.79 Å². The van der Waals surface area contributed by atoms with E-state index in [0.29, 0.717) is 11.3 Å². The lowest BCUT2D eigenvalue weighted by atomic mass is 10.2. The van der Waals surface area contributed by atoms with Crippen molar-refractivity contribution in [3.63, 3.8) is 0 Å². The van der Waals surface area contributed by atoms with Crippen LogP contribution in [0.3, 0.4) is 0 Å². The molecule has 13 heavy (non-hydrogen) atoms. The van der Waals surface area contributed by atoms with Crippen LogP contribution >= 0.6 is 0 Å². The third-order valence-corrected chi connectivity index (χ3v) is 1.55. The van der Waals surface area contributed by atoms with Crippen molar-refractivity contribution < 1.29 is 9.90 Å². The van der Waals surface area contributed by atoms with E-state index in [1.807, 2.05) is 0 Å². The first-order valence-corrected chi connectivity index (χ1v) is 3.79. The van der Waals surface area contributed by atoms with Gasteiger partial charge in [0.1, 0.15) is 6.54 Å². The Labute approximate surface area is 75.7 Å². The van der Waals surface area contributed by atoms with Crippen LogP contribution in [0, 0.1) is 5.41 Å². The Morgan fingerprint density at radius 2 is 2.23 bits per heavy atom. The van der Waals surface area contributed by atoms with Crippen molar-refractivity contribution in [3.8, 4) is 0 Å². The van der Waals surface area contributed by atoms with Crippen molar-refractivity contribution in [3.05, 3.63) is 29.8 Å². The second-order valence-electron chi connectivity index (χ2n) is 2.48. The second kappa shape index (κ2) is 4.25. The van der Waals surface area contributed by atoms with Crippen molar-refractivity contribution >= 4 is 17.9 Å². The summed E-state index contributed by atoms with van der Waals surface area (Å²) in [4.78, 5) is 10.3. The van der Waals surface area contributed by atoms with Crippen LogP contribution in [-0.2, 0) is 4.79 Å². The summed E-state index contributed by atoms with van der Waals surface area (Å²) in [6.45, 7) is -0.134. The number of hydrogen-bond acceptors (Lipinski definition) is 3. The number of carboxylic acids is 1. The van der Waals surface area contributed by atoms with Gasteiger partial charge in [0.2, 0.25) is 0 Å².